The lowest BCUT2D eigenvalue weighted by molar-refractivity contribution is -0.0278. The smallest absolute Gasteiger partial charge is 0.255 e. The van der Waals surface area contributed by atoms with Crippen molar-refractivity contribution in [1.82, 2.24) is 19.9 Å². The first-order valence-corrected chi connectivity index (χ1v) is 12.0. The fourth-order valence-electron chi connectivity index (χ4n) is 4.72. The van der Waals surface area contributed by atoms with Gasteiger partial charge in [0.15, 0.2) is 5.82 Å². The van der Waals surface area contributed by atoms with Gasteiger partial charge in [-0.05, 0) is 48.2 Å². The van der Waals surface area contributed by atoms with E-state index in [4.69, 9.17) is 15.2 Å². The molecule has 2 unspecified atom stereocenters. The highest BCUT2D eigenvalue weighted by Gasteiger charge is 2.27. The Bertz CT molecular complexity index is 1410. The van der Waals surface area contributed by atoms with Gasteiger partial charge in [0.2, 0.25) is 0 Å². The second kappa shape index (κ2) is 10.5. The maximum Gasteiger partial charge on any atom is 0.255 e. The Morgan fingerprint density at radius 3 is 2.76 bits per heavy atom. The zero-order chi connectivity index (χ0) is 25.9. The number of carbonyl (C=O) groups is 1. The SMILES string of the molecule is COc1ccc(F)cc1C(=O)NCc1ccc(-c2cc(C3CCC(CO)OC3)n3ncnc(N)c23)cc1. The van der Waals surface area contributed by atoms with E-state index in [9.17, 15) is 14.3 Å². The number of carbonyl (C=O) groups excluding carboxylic acids is 1. The molecule has 2 aromatic heterocycles. The third-order valence-corrected chi connectivity index (χ3v) is 6.73. The van der Waals surface area contributed by atoms with E-state index in [0.717, 1.165) is 46.8 Å². The second-order valence-corrected chi connectivity index (χ2v) is 9.02. The van der Waals surface area contributed by atoms with Crippen molar-refractivity contribution in [3.05, 3.63) is 77.5 Å². The first-order valence-electron chi connectivity index (χ1n) is 12.0. The predicted octanol–water partition coefficient (Wildman–Crippen LogP) is 3.31. The summed E-state index contributed by atoms with van der Waals surface area (Å²) < 4.78 is 26.4. The average Bonchev–Trinajstić information content (AvgIpc) is 3.33. The molecule has 1 amide bonds. The summed E-state index contributed by atoms with van der Waals surface area (Å²) in [5.41, 5.74) is 10.8. The van der Waals surface area contributed by atoms with Crippen LogP contribution in [-0.2, 0) is 11.3 Å². The van der Waals surface area contributed by atoms with Gasteiger partial charge in [0.25, 0.3) is 5.91 Å². The number of benzene rings is 2. The Morgan fingerprint density at radius 1 is 1.24 bits per heavy atom. The van der Waals surface area contributed by atoms with Gasteiger partial charge < -0.3 is 25.6 Å². The number of amides is 1. The Hall–Kier alpha value is -4.02. The summed E-state index contributed by atoms with van der Waals surface area (Å²) in [6.07, 6.45) is 2.95. The molecule has 0 bridgehead atoms. The van der Waals surface area contributed by atoms with Gasteiger partial charge in [-0.2, -0.15) is 5.10 Å². The highest BCUT2D eigenvalue weighted by molar-refractivity contribution is 5.97. The number of nitrogens with zero attached hydrogens (tertiary/aromatic N) is 3. The number of ether oxygens (including phenoxy) is 2. The number of hydrogen-bond acceptors (Lipinski definition) is 7. The number of fused-ring (bicyclic) bond motifs is 1. The summed E-state index contributed by atoms with van der Waals surface area (Å²) in [4.78, 5) is 16.8. The minimum absolute atomic E-state index is 0.0184. The van der Waals surface area contributed by atoms with E-state index < -0.39 is 11.7 Å². The number of nitrogens with two attached hydrogens (primary N) is 1. The third-order valence-electron chi connectivity index (χ3n) is 6.73. The number of methoxy groups -OCH3 is 1. The summed E-state index contributed by atoms with van der Waals surface area (Å²) >= 11 is 0. The molecule has 1 aliphatic rings. The zero-order valence-electron chi connectivity index (χ0n) is 20.4. The maximum absolute atomic E-state index is 13.6. The topological polar surface area (TPSA) is 124 Å². The van der Waals surface area contributed by atoms with E-state index in [1.807, 2.05) is 28.8 Å². The predicted molar refractivity (Wildman–Crippen MR) is 136 cm³/mol. The van der Waals surface area contributed by atoms with Crippen LogP contribution < -0.4 is 15.8 Å². The van der Waals surface area contributed by atoms with Crippen LogP contribution in [0.1, 0.15) is 40.4 Å². The normalized spacial score (nSPS) is 17.6. The van der Waals surface area contributed by atoms with Gasteiger partial charge in [0, 0.05) is 23.7 Å². The molecule has 0 spiro atoms. The lowest BCUT2D eigenvalue weighted by Gasteiger charge is -2.27. The highest BCUT2D eigenvalue weighted by Crippen LogP contribution is 2.36. The van der Waals surface area contributed by atoms with Crippen LogP contribution in [0.15, 0.2) is 54.9 Å². The monoisotopic (exact) mass is 505 g/mol. The number of halogens is 1. The van der Waals surface area contributed by atoms with Crippen LogP contribution in [0.5, 0.6) is 5.75 Å². The van der Waals surface area contributed by atoms with Crippen molar-refractivity contribution in [3.63, 3.8) is 0 Å². The lowest BCUT2D eigenvalue weighted by atomic mass is 9.95. The zero-order valence-corrected chi connectivity index (χ0v) is 20.4. The van der Waals surface area contributed by atoms with E-state index in [1.165, 1.54) is 25.6 Å². The molecule has 3 heterocycles. The van der Waals surface area contributed by atoms with Gasteiger partial charge in [-0.15, -0.1) is 0 Å². The molecule has 2 atom stereocenters. The Kier molecular flexibility index (Phi) is 7.02. The second-order valence-electron chi connectivity index (χ2n) is 9.02. The maximum atomic E-state index is 13.6. The molecule has 4 N–H and O–H groups in total. The quantitative estimate of drug-likeness (QED) is 0.352. The lowest BCUT2D eigenvalue weighted by Crippen LogP contribution is -2.28. The fourth-order valence-corrected chi connectivity index (χ4v) is 4.72. The van der Waals surface area contributed by atoms with Crippen molar-refractivity contribution in [2.24, 2.45) is 0 Å². The molecule has 9 nitrogen and oxygen atoms in total. The van der Waals surface area contributed by atoms with Crippen molar-refractivity contribution in [2.45, 2.75) is 31.4 Å². The molecule has 1 saturated heterocycles. The van der Waals surface area contributed by atoms with Gasteiger partial charge in [-0.1, -0.05) is 24.3 Å². The van der Waals surface area contributed by atoms with Crippen LogP contribution in [0.4, 0.5) is 10.2 Å². The molecule has 37 heavy (non-hydrogen) atoms. The highest BCUT2D eigenvalue weighted by atomic mass is 19.1. The van der Waals surface area contributed by atoms with Crippen LogP contribution >= 0.6 is 0 Å². The number of nitrogens with one attached hydrogen (secondary N) is 1. The van der Waals surface area contributed by atoms with Crippen LogP contribution in [-0.4, -0.2) is 52.0 Å². The van der Waals surface area contributed by atoms with Gasteiger partial charge >= 0.3 is 0 Å². The van der Waals surface area contributed by atoms with E-state index in [2.05, 4.69) is 21.5 Å². The van der Waals surface area contributed by atoms with E-state index in [1.54, 1.807) is 0 Å². The third kappa shape index (κ3) is 4.98. The van der Waals surface area contributed by atoms with Crippen LogP contribution in [0.2, 0.25) is 0 Å². The van der Waals surface area contributed by atoms with Crippen molar-refractivity contribution >= 4 is 17.2 Å². The van der Waals surface area contributed by atoms with Crippen LogP contribution in [0.3, 0.4) is 0 Å². The van der Waals surface area contributed by atoms with Gasteiger partial charge in [-0.25, -0.2) is 13.9 Å². The molecule has 0 saturated carbocycles. The number of rotatable bonds is 7. The number of aliphatic hydroxyl groups is 1. The van der Waals surface area contributed by atoms with Crippen LogP contribution in [0.25, 0.3) is 16.6 Å². The summed E-state index contributed by atoms with van der Waals surface area (Å²) in [6.45, 7) is 0.775. The van der Waals surface area contributed by atoms with Gasteiger partial charge in [-0.3, -0.25) is 4.79 Å². The molecule has 0 radical (unpaired) electrons. The summed E-state index contributed by atoms with van der Waals surface area (Å²) in [5, 5.41) is 16.6. The van der Waals surface area contributed by atoms with Crippen molar-refractivity contribution in [1.29, 1.82) is 0 Å². The van der Waals surface area contributed by atoms with E-state index >= 15 is 0 Å². The molecule has 10 heteroatoms. The fraction of sp³-hybridized carbons (Fsp3) is 0.296. The molecular weight excluding hydrogens is 477 g/mol. The minimum Gasteiger partial charge on any atom is -0.496 e. The number of hydrogen-bond donors (Lipinski definition) is 3. The molecule has 0 aliphatic carbocycles. The molecule has 2 aromatic carbocycles. The Labute approximate surface area is 213 Å². The molecular formula is C27H28FN5O4. The number of aromatic nitrogens is 3. The summed E-state index contributed by atoms with van der Waals surface area (Å²) in [6, 6.07) is 13.6. The van der Waals surface area contributed by atoms with Crippen LogP contribution in [0, 0.1) is 5.82 Å². The van der Waals surface area contributed by atoms with Gasteiger partial charge in [0.1, 0.15) is 23.4 Å². The molecule has 4 aromatic rings. The molecule has 192 valence electrons. The Balaban J connectivity index is 1.36. The first-order chi connectivity index (χ1) is 18.0. The van der Waals surface area contributed by atoms with Gasteiger partial charge in [0.05, 0.1) is 32.0 Å². The average molecular weight is 506 g/mol. The summed E-state index contributed by atoms with van der Waals surface area (Å²) in [7, 11) is 1.44. The number of aliphatic hydroxyl groups excluding tert-OH is 1. The van der Waals surface area contributed by atoms with Crippen molar-refractivity contribution < 1.29 is 23.8 Å². The summed E-state index contributed by atoms with van der Waals surface area (Å²) in [5.74, 6) is -0.132. The molecule has 1 aliphatic heterocycles. The first kappa shape index (κ1) is 24.7. The Morgan fingerprint density at radius 2 is 2.05 bits per heavy atom. The number of anilines is 1. The molecule has 1 fully saturated rings. The minimum atomic E-state index is -0.509. The van der Waals surface area contributed by atoms with Crippen molar-refractivity contribution in [2.75, 3.05) is 26.1 Å². The van der Waals surface area contributed by atoms with E-state index in [-0.39, 0.29) is 30.7 Å². The van der Waals surface area contributed by atoms with Crippen molar-refractivity contribution in [3.8, 4) is 16.9 Å². The largest absolute Gasteiger partial charge is 0.496 e. The van der Waals surface area contributed by atoms with E-state index in [0.29, 0.717) is 18.2 Å². The standard InChI is InChI=1S/C27H28FN5O4/c1-36-24-9-7-19(28)10-22(24)27(35)30-12-16-2-4-17(5-3-16)21-11-23(18-6-8-20(13-34)37-14-18)33-25(21)26(29)31-15-32-33/h2-5,7,9-11,15,18,20,34H,6,8,12-14H2,1H3,(H,30,35)(H2,29,31,32). The molecule has 5 rings (SSSR count). The number of nitrogen functional groups attached to an aromatic ring is 1.